The molecule has 6 heteroatoms. The molecule has 0 radical (unpaired) electrons. The van der Waals surface area contributed by atoms with Gasteiger partial charge in [0.1, 0.15) is 11.2 Å². The van der Waals surface area contributed by atoms with Crippen LogP contribution in [0.3, 0.4) is 0 Å². The zero-order chi connectivity index (χ0) is 13.2. The Hall–Kier alpha value is -2.63. The predicted molar refractivity (Wildman–Crippen MR) is 68.8 cm³/mol. The molecule has 6 nitrogen and oxygen atoms in total. The molecule has 0 amide bonds. The van der Waals surface area contributed by atoms with Gasteiger partial charge in [0.15, 0.2) is 17.9 Å². The van der Waals surface area contributed by atoms with E-state index in [4.69, 9.17) is 0 Å². The van der Waals surface area contributed by atoms with Gasteiger partial charge in [-0.2, -0.15) is 0 Å². The van der Waals surface area contributed by atoms with E-state index in [9.17, 15) is 4.79 Å². The Labute approximate surface area is 109 Å². The van der Waals surface area contributed by atoms with Crippen LogP contribution in [-0.4, -0.2) is 30.9 Å². The Morgan fingerprint density at radius 3 is 2.89 bits per heavy atom. The average Bonchev–Trinajstić information content (AvgIpc) is 2.85. The lowest BCUT2D eigenvalue weighted by molar-refractivity contribution is 0.111. The number of aromatic nitrogens is 5. The number of nitrogens with zero attached hydrogens (tertiary/aromatic N) is 5. The topological polar surface area (TPSA) is 73.0 Å². The summed E-state index contributed by atoms with van der Waals surface area (Å²) in [6.07, 6.45) is 4.77. The second-order valence-corrected chi connectivity index (χ2v) is 3.98. The minimum atomic E-state index is 0.284. The van der Waals surface area contributed by atoms with Gasteiger partial charge in [0.2, 0.25) is 0 Å². The van der Waals surface area contributed by atoms with Crippen LogP contribution >= 0.6 is 0 Å². The first kappa shape index (κ1) is 11.5. The van der Waals surface area contributed by atoms with Crippen molar-refractivity contribution in [3.05, 3.63) is 42.1 Å². The molecule has 3 heterocycles. The molecule has 94 valence electrons. The maximum atomic E-state index is 11.0. The molecule has 3 aromatic heterocycles. The number of carbonyl (C=O) groups is 1. The van der Waals surface area contributed by atoms with Crippen molar-refractivity contribution < 1.29 is 4.79 Å². The molecule has 0 aliphatic carbocycles. The molecule has 0 atom stereocenters. The number of rotatable bonds is 3. The molecule has 0 spiro atoms. The third kappa shape index (κ3) is 1.87. The first-order chi connectivity index (χ1) is 9.33. The summed E-state index contributed by atoms with van der Waals surface area (Å²) in [6.45, 7) is 1.98. The summed E-state index contributed by atoms with van der Waals surface area (Å²) in [5.74, 6) is 0.752. The predicted octanol–water partition coefficient (Wildman–Crippen LogP) is 1.56. The van der Waals surface area contributed by atoms with Crippen LogP contribution in [0.4, 0.5) is 0 Å². The number of pyridine rings is 1. The number of fused-ring (bicyclic) bond motifs is 1. The van der Waals surface area contributed by atoms with Crippen molar-refractivity contribution in [3.63, 3.8) is 0 Å². The van der Waals surface area contributed by atoms with Crippen LogP contribution in [0.1, 0.15) is 23.2 Å². The van der Waals surface area contributed by atoms with E-state index in [1.165, 1.54) is 4.52 Å². The molecule has 0 saturated carbocycles. The van der Waals surface area contributed by atoms with Gasteiger partial charge in [0.25, 0.3) is 0 Å². The van der Waals surface area contributed by atoms with Crippen LogP contribution in [0.15, 0.2) is 30.6 Å². The molecule has 0 bridgehead atoms. The van der Waals surface area contributed by atoms with Crippen molar-refractivity contribution >= 4 is 11.8 Å². The maximum absolute atomic E-state index is 11.0. The third-order valence-corrected chi connectivity index (χ3v) is 2.83. The molecule has 0 N–H and O–H groups in total. The quantitative estimate of drug-likeness (QED) is 0.662. The Balaban J connectivity index is 2.23. The highest BCUT2D eigenvalue weighted by atomic mass is 16.1. The van der Waals surface area contributed by atoms with Crippen LogP contribution in [0.5, 0.6) is 0 Å². The van der Waals surface area contributed by atoms with Gasteiger partial charge in [-0.1, -0.05) is 13.0 Å². The van der Waals surface area contributed by atoms with Crippen LogP contribution in [0, 0.1) is 0 Å². The fourth-order valence-electron chi connectivity index (χ4n) is 1.91. The van der Waals surface area contributed by atoms with Crippen LogP contribution in [0.25, 0.3) is 17.0 Å². The van der Waals surface area contributed by atoms with Crippen molar-refractivity contribution in [2.45, 2.75) is 13.3 Å². The van der Waals surface area contributed by atoms with Crippen molar-refractivity contribution in [1.29, 1.82) is 0 Å². The van der Waals surface area contributed by atoms with Gasteiger partial charge in [-0.25, -0.2) is 14.5 Å². The Morgan fingerprint density at radius 1 is 1.32 bits per heavy atom. The van der Waals surface area contributed by atoms with Gasteiger partial charge < -0.3 is 0 Å². The van der Waals surface area contributed by atoms with Crippen molar-refractivity contribution in [2.75, 3.05) is 0 Å². The summed E-state index contributed by atoms with van der Waals surface area (Å²) in [5, 5.41) is 4.33. The molecule has 3 aromatic rings. The van der Waals surface area contributed by atoms with Crippen molar-refractivity contribution in [1.82, 2.24) is 24.6 Å². The van der Waals surface area contributed by atoms with Gasteiger partial charge >= 0.3 is 0 Å². The molecular formula is C13H11N5O. The van der Waals surface area contributed by atoms with E-state index in [1.54, 1.807) is 12.4 Å². The molecule has 0 aromatic carbocycles. The lowest BCUT2D eigenvalue weighted by atomic mass is 10.3. The highest BCUT2D eigenvalue weighted by Gasteiger charge is 2.12. The standard InChI is InChI=1S/C13H11N5O/c1-2-9-11-7-15-13(10-5-3-4-6-14-10)17-18(11)12(8-19)16-9/h3-8H,2H2,1H3. The molecule has 19 heavy (non-hydrogen) atoms. The monoisotopic (exact) mass is 253 g/mol. The summed E-state index contributed by atoms with van der Waals surface area (Å²) in [5.41, 5.74) is 2.23. The van der Waals surface area contributed by atoms with E-state index in [0.29, 0.717) is 17.8 Å². The second kappa shape index (κ2) is 4.56. The summed E-state index contributed by atoms with van der Waals surface area (Å²) in [7, 11) is 0. The summed E-state index contributed by atoms with van der Waals surface area (Å²) in [6, 6.07) is 5.51. The first-order valence-electron chi connectivity index (χ1n) is 5.94. The molecule has 0 aliphatic rings. The summed E-state index contributed by atoms with van der Waals surface area (Å²) in [4.78, 5) is 23.7. The van der Waals surface area contributed by atoms with E-state index in [-0.39, 0.29) is 5.82 Å². The highest BCUT2D eigenvalue weighted by molar-refractivity contribution is 5.73. The number of hydrogen-bond donors (Lipinski definition) is 0. The molecule has 0 fully saturated rings. The highest BCUT2D eigenvalue weighted by Crippen LogP contribution is 2.15. The van der Waals surface area contributed by atoms with Gasteiger partial charge in [-0.05, 0) is 18.6 Å². The number of aryl methyl sites for hydroxylation is 1. The van der Waals surface area contributed by atoms with Crippen molar-refractivity contribution in [3.8, 4) is 11.5 Å². The number of carbonyl (C=O) groups excluding carboxylic acids is 1. The molecule has 0 unspecified atom stereocenters. The lowest BCUT2D eigenvalue weighted by Crippen LogP contribution is -2.02. The Bertz CT molecular complexity index is 735. The van der Waals surface area contributed by atoms with Gasteiger partial charge in [0.05, 0.1) is 11.9 Å². The fourth-order valence-corrected chi connectivity index (χ4v) is 1.91. The minimum Gasteiger partial charge on any atom is -0.294 e. The van der Waals surface area contributed by atoms with E-state index >= 15 is 0 Å². The van der Waals surface area contributed by atoms with E-state index in [2.05, 4.69) is 20.1 Å². The molecule has 3 rings (SSSR count). The van der Waals surface area contributed by atoms with Crippen molar-refractivity contribution in [2.24, 2.45) is 0 Å². The number of imidazole rings is 1. The SMILES string of the molecule is CCc1nc(C=O)n2nc(-c3ccccn3)ncc12. The van der Waals surface area contributed by atoms with Crippen LogP contribution in [-0.2, 0) is 6.42 Å². The number of aldehydes is 1. The third-order valence-electron chi connectivity index (χ3n) is 2.83. The summed E-state index contributed by atoms with van der Waals surface area (Å²) >= 11 is 0. The fraction of sp³-hybridized carbons (Fsp3) is 0.154. The van der Waals surface area contributed by atoms with Crippen LogP contribution < -0.4 is 0 Å². The second-order valence-electron chi connectivity index (χ2n) is 3.98. The number of hydrogen-bond acceptors (Lipinski definition) is 5. The van der Waals surface area contributed by atoms with Gasteiger partial charge in [-0.15, -0.1) is 5.10 Å². The summed E-state index contributed by atoms with van der Waals surface area (Å²) < 4.78 is 1.52. The normalized spacial score (nSPS) is 10.8. The van der Waals surface area contributed by atoms with Gasteiger partial charge in [-0.3, -0.25) is 9.78 Å². The Morgan fingerprint density at radius 2 is 2.21 bits per heavy atom. The maximum Gasteiger partial charge on any atom is 0.198 e. The van der Waals surface area contributed by atoms with Gasteiger partial charge in [0, 0.05) is 6.20 Å². The van der Waals surface area contributed by atoms with E-state index in [1.807, 2.05) is 25.1 Å². The lowest BCUT2D eigenvalue weighted by Gasteiger charge is -2.00. The zero-order valence-electron chi connectivity index (χ0n) is 10.3. The first-order valence-corrected chi connectivity index (χ1v) is 5.94. The Kier molecular flexibility index (Phi) is 2.75. The zero-order valence-corrected chi connectivity index (χ0v) is 10.3. The molecule has 0 saturated heterocycles. The smallest absolute Gasteiger partial charge is 0.198 e. The largest absolute Gasteiger partial charge is 0.294 e. The molecular weight excluding hydrogens is 242 g/mol. The molecule has 0 aliphatic heterocycles. The average molecular weight is 253 g/mol. The van der Waals surface area contributed by atoms with Crippen LogP contribution in [0.2, 0.25) is 0 Å². The minimum absolute atomic E-state index is 0.284. The van der Waals surface area contributed by atoms with E-state index in [0.717, 1.165) is 17.6 Å². The van der Waals surface area contributed by atoms with E-state index < -0.39 is 0 Å².